The van der Waals surface area contributed by atoms with Crippen molar-refractivity contribution < 1.29 is 18.8 Å². The first kappa shape index (κ1) is 22.8. The summed E-state index contributed by atoms with van der Waals surface area (Å²) in [7, 11) is -0.642. The van der Waals surface area contributed by atoms with Crippen LogP contribution in [0.1, 0.15) is 44.5 Å². The molecular formula is C22H29BN4O4. The van der Waals surface area contributed by atoms with Gasteiger partial charge in [-0.2, -0.15) is 0 Å². The van der Waals surface area contributed by atoms with Crippen molar-refractivity contribution >= 4 is 25.2 Å². The molecule has 31 heavy (non-hydrogen) atoms. The highest BCUT2D eigenvalue weighted by Crippen LogP contribution is 2.38. The molecule has 9 heteroatoms. The zero-order valence-electron chi connectivity index (χ0n) is 18.6. The average Bonchev–Trinajstić information content (AvgIpc) is 2.93. The fourth-order valence-electron chi connectivity index (χ4n) is 2.98. The van der Waals surface area contributed by atoms with E-state index in [2.05, 4.69) is 15.3 Å². The van der Waals surface area contributed by atoms with Crippen molar-refractivity contribution in [1.29, 1.82) is 0 Å². The Morgan fingerprint density at radius 1 is 1.19 bits per heavy atom. The summed E-state index contributed by atoms with van der Waals surface area (Å²) in [6.45, 7) is 10.1. The molecule has 0 spiro atoms. The minimum Gasteiger partial charge on any atom is -0.445 e. The Morgan fingerprint density at radius 3 is 2.45 bits per heavy atom. The maximum absolute atomic E-state index is 12.3. The van der Waals surface area contributed by atoms with Crippen molar-refractivity contribution in [3.8, 4) is 0 Å². The number of anilines is 1. The van der Waals surface area contributed by atoms with Crippen molar-refractivity contribution in [2.24, 2.45) is 0 Å². The predicted octanol–water partition coefficient (Wildman–Crippen LogP) is 3.31. The van der Waals surface area contributed by atoms with Crippen LogP contribution in [0.2, 0.25) is 0 Å². The maximum atomic E-state index is 12.3. The van der Waals surface area contributed by atoms with Crippen LogP contribution in [0.25, 0.3) is 6.08 Å². The van der Waals surface area contributed by atoms with E-state index in [1.807, 2.05) is 71.0 Å². The molecule has 3 rings (SSSR count). The molecule has 1 fully saturated rings. The number of nitrogens with one attached hydrogen (secondary N) is 1. The van der Waals surface area contributed by atoms with Crippen molar-refractivity contribution in [1.82, 2.24) is 15.3 Å². The van der Waals surface area contributed by atoms with E-state index in [0.717, 1.165) is 11.1 Å². The third-order valence-electron chi connectivity index (χ3n) is 5.58. The lowest BCUT2D eigenvalue weighted by Crippen LogP contribution is -2.41. The van der Waals surface area contributed by atoms with Gasteiger partial charge in [-0.05, 0) is 45.7 Å². The number of ether oxygens (including phenoxy) is 1. The highest BCUT2D eigenvalue weighted by atomic mass is 16.7. The summed E-state index contributed by atoms with van der Waals surface area (Å²) in [5, 5.41) is 2.78. The summed E-state index contributed by atoms with van der Waals surface area (Å²) in [4.78, 5) is 20.5. The Bertz CT molecular complexity index is 947. The van der Waals surface area contributed by atoms with Gasteiger partial charge < -0.3 is 25.1 Å². The first-order valence-corrected chi connectivity index (χ1v) is 10.2. The maximum Gasteiger partial charge on any atom is 0.492 e. The zero-order valence-corrected chi connectivity index (χ0v) is 18.6. The molecule has 0 aliphatic carbocycles. The van der Waals surface area contributed by atoms with Gasteiger partial charge in [0.2, 0.25) is 5.95 Å². The third-order valence-corrected chi connectivity index (χ3v) is 5.58. The van der Waals surface area contributed by atoms with Gasteiger partial charge in [0, 0.05) is 18.3 Å². The summed E-state index contributed by atoms with van der Waals surface area (Å²) in [5.74, 6) is 0.203. The lowest BCUT2D eigenvalue weighted by molar-refractivity contribution is 0.00578. The van der Waals surface area contributed by atoms with E-state index in [-0.39, 0.29) is 19.1 Å². The van der Waals surface area contributed by atoms with E-state index < -0.39 is 24.4 Å². The van der Waals surface area contributed by atoms with Crippen molar-refractivity contribution in [2.45, 2.75) is 52.4 Å². The van der Waals surface area contributed by atoms with Gasteiger partial charge in [-0.25, -0.2) is 14.8 Å². The number of nitrogens with two attached hydrogens (primary N) is 1. The van der Waals surface area contributed by atoms with Crippen molar-refractivity contribution in [2.75, 3.05) is 12.3 Å². The number of nitrogens with zero attached hydrogens (tertiary/aromatic N) is 2. The first-order valence-electron chi connectivity index (χ1n) is 10.2. The minimum absolute atomic E-state index is 0.175. The van der Waals surface area contributed by atoms with Crippen LogP contribution in [0, 0.1) is 6.92 Å². The number of aryl methyl sites for hydroxylation is 1. The van der Waals surface area contributed by atoms with Gasteiger partial charge in [0.05, 0.1) is 16.9 Å². The van der Waals surface area contributed by atoms with E-state index in [1.165, 1.54) is 0 Å². The zero-order chi connectivity index (χ0) is 22.6. The van der Waals surface area contributed by atoms with E-state index in [9.17, 15) is 4.79 Å². The Morgan fingerprint density at radius 2 is 1.84 bits per heavy atom. The van der Waals surface area contributed by atoms with Gasteiger partial charge in [-0.1, -0.05) is 36.4 Å². The minimum atomic E-state index is -0.642. The molecule has 2 aromatic rings. The number of alkyl carbamates (subject to hydrolysis) is 1. The summed E-state index contributed by atoms with van der Waals surface area (Å²) >= 11 is 0. The SMILES string of the molecule is Cc1nc(N)ncc1C=C(CNC(=O)OCc1ccccc1)B1OC(C)(C)C(C)(C)O1. The molecule has 0 bridgehead atoms. The quantitative estimate of drug-likeness (QED) is 0.685. The number of aromatic nitrogens is 2. The number of rotatable bonds is 6. The standard InChI is InChI=1S/C22H29BN4O4/c1-15-17(12-25-19(24)27-15)11-18(23-30-21(2,3)22(4,5)31-23)13-26-20(28)29-14-16-9-7-6-8-10-16/h6-12H,13-14H2,1-5H3,(H,26,28)(H2,24,25,27). The molecule has 8 nitrogen and oxygen atoms in total. The van der Waals surface area contributed by atoms with Crippen LogP contribution in [0.5, 0.6) is 0 Å². The molecule has 0 unspecified atom stereocenters. The number of carbonyl (C=O) groups is 1. The average molecular weight is 424 g/mol. The summed E-state index contributed by atoms with van der Waals surface area (Å²) in [5.41, 5.74) is 7.74. The fourth-order valence-corrected chi connectivity index (χ4v) is 2.98. The molecule has 1 aliphatic heterocycles. The number of nitrogen functional groups attached to an aromatic ring is 1. The molecular weight excluding hydrogens is 395 g/mol. The highest BCUT2D eigenvalue weighted by Gasteiger charge is 2.52. The predicted molar refractivity (Wildman–Crippen MR) is 120 cm³/mol. The van der Waals surface area contributed by atoms with Crippen molar-refractivity contribution in [3.05, 3.63) is 58.8 Å². The number of amides is 1. The molecule has 1 amide bonds. The van der Waals surface area contributed by atoms with E-state index in [0.29, 0.717) is 11.2 Å². The molecule has 1 aliphatic rings. The van der Waals surface area contributed by atoms with E-state index in [1.54, 1.807) is 6.20 Å². The van der Waals surface area contributed by atoms with Gasteiger partial charge >= 0.3 is 13.2 Å². The second kappa shape index (κ2) is 9.07. The van der Waals surface area contributed by atoms with Crippen LogP contribution in [0.15, 0.2) is 42.0 Å². The monoisotopic (exact) mass is 424 g/mol. The number of carbonyl (C=O) groups excluding carboxylic acids is 1. The van der Waals surface area contributed by atoms with Crippen LogP contribution >= 0.6 is 0 Å². The summed E-state index contributed by atoms with van der Waals surface area (Å²) < 4.78 is 17.7. The van der Waals surface area contributed by atoms with Gasteiger partial charge in [0.1, 0.15) is 6.61 Å². The Labute approximate surface area is 183 Å². The number of hydrogen-bond acceptors (Lipinski definition) is 7. The molecule has 164 valence electrons. The molecule has 3 N–H and O–H groups in total. The van der Waals surface area contributed by atoms with E-state index >= 15 is 0 Å². The summed E-state index contributed by atoms with van der Waals surface area (Å²) in [6.07, 6.45) is 2.96. The first-order chi connectivity index (χ1) is 14.6. The van der Waals surface area contributed by atoms with E-state index in [4.69, 9.17) is 19.8 Å². The fraction of sp³-hybridized carbons (Fsp3) is 0.409. The van der Waals surface area contributed by atoms with Crippen LogP contribution in [0.3, 0.4) is 0 Å². The molecule has 1 aromatic carbocycles. The molecule has 0 saturated carbocycles. The second-order valence-electron chi connectivity index (χ2n) is 8.49. The Balaban J connectivity index is 1.74. The number of benzene rings is 1. The van der Waals surface area contributed by atoms with Crippen LogP contribution < -0.4 is 11.1 Å². The smallest absolute Gasteiger partial charge is 0.445 e. The molecule has 1 saturated heterocycles. The van der Waals surface area contributed by atoms with Crippen LogP contribution in [-0.4, -0.2) is 40.9 Å². The van der Waals surface area contributed by atoms with Gasteiger partial charge in [0.25, 0.3) is 0 Å². The lowest BCUT2D eigenvalue weighted by atomic mass is 9.77. The molecule has 2 heterocycles. The van der Waals surface area contributed by atoms with Gasteiger partial charge in [-0.15, -0.1) is 0 Å². The second-order valence-corrected chi connectivity index (χ2v) is 8.49. The van der Waals surface area contributed by atoms with Crippen molar-refractivity contribution in [3.63, 3.8) is 0 Å². The topological polar surface area (TPSA) is 109 Å². The largest absolute Gasteiger partial charge is 0.492 e. The molecule has 0 radical (unpaired) electrons. The number of hydrogen-bond donors (Lipinski definition) is 2. The normalized spacial score (nSPS) is 17.5. The van der Waals surface area contributed by atoms with Gasteiger partial charge in [-0.3, -0.25) is 0 Å². The van der Waals surface area contributed by atoms with Crippen LogP contribution in [-0.2, 0) is 20.7 Å². The van der Waals surface area contributed by atoms with Gasteiger partial charge in [0.15, 0.2) is 0 Å². The molecule has 1 aromatic heterocycles. The third kappa shape index (κ3) is 5.62. The Hall–Kier alpha value is -2.91. The molecule has 0 atom stereocenters. The summed E-state index contributed by atoms with van der Waals surface area (Å²) in [6, 6.07) is 9.49. The van der Waals surface area contributed by atoms with Crippen LogP contribution in [0.4, 0.5) is 10.7 Å². The lowest BCUT2D eigenvalue weighted by Gasteiger charge is -2.32. The highest BCUT2D eigenvalue weighted by molar-refractivity contribution is 6.56. The Kier molecular flexibility index (Phi) is 6.67.